The van der Waals surface area contributed by atoms with Gasteiger partial charge in [-0.2, -0.15) is 0 Å². The van der Waals surface area contributed by atoms with Gasteiger partial charge in [-0.3, -0.25) is 4.99 Å². The molecule has 0 saturated carbocycles. The third-order valence-corrected chi connectivity index (χ3v) is 6.38. The number of nitrogens with zero attached hydrogens (tertiary/aromatic N) is 2. The zero-order valence-corrected chi connectivity index (χ0v) is 21.6. The molecule has 0 bridgehead atoms. The molecule has 1 heterocycles. The van der Waals surface area contributed by atoms with E-state index in [0.717, 1.165) is 16.3 Å². The van der Waals surface area contributed by atoms with Crippen molar-refractivity contribution >= 4 is 51.3 Å². The Labute approximate surface area is 200 Å². The molecule has 3 N–H and O–H groups in total. The highest BCUT2D eigenvalue weighted by Crippen LogP contribution is 2.17. The van der Waals surface area contributed by atoms with E-state index in [9.17, 15) is 8.42 Å². The number of hydrogen-bond acceptors (Lipinski definition) is 6. The molecular formula is C19H30IN5O3S2. The molecule has 0 fully saturated rings. The maximum Gasteiger partial charge on any atom is 0.240 e. The zero-order valence-electron chi connectivity index (χ0n) is 17.6. The van der Waals surface area contributed by atoms with E-state index in [1.807, 2.05) is 6.07 Å². The summed E-state index contributed by atoms with van der Waals surface area (Å²) in [4.78, 5) is 9.02. The topological polar surface area (TPSA) is 105 Å². The fraction of sp³-hybridized carbons (Fsp3) is 0.474. The molecule has 0 atom stereocenters. The van der Waals surface area contributed by atoms with Gasteiger partial charge in [0.25, 0.3) is 0 Å². The van der Waals surface area contributed by atoms with Crippen molar-refractivity contribution in [3.05, 3.63) is 45.9 Å². The van der Waals surface area contributed by atoms with Gasteiger partial charge in [0.15, 0.2) is 5.96 Å². The van der Waals surface area contributed by atoms with E-state index in [-0.39, 0.29) is 35.4 Å². The highest BCUT2D eigenvalue weighted by molar-refractivity contribution is 14.0. The Hall–Kier alpha value is -1.28. The molecule has 2 rings (SSSR count). The van der Waals surface area contributed by atoms with E-state index in [1.165, 1.54) is 7.11 Å². The molecule has 0 aliphatic rings. The monoisotopic (exact) mass is 567 g/mol. The molecule has 0 spiro atoms. The predicted octanol–water partition coefficient (Wildman–Crippen LogP) is 2.67. The maximum atomic E-state index is 12.3. The van der Waals surface area contributed by atoms with Crippen LogP contribution in [0.15, 0.2) is 39.5 Å². The highest BCUT2D eigenvalue weighted by Gasteiger charge is 2.14. The third kappa shape index (κ3) is 8.46. The predicted molar refractivity (Wildman–Crippen MR) is 132 cm³/mol. The molecule has 0 saturated heterocycles. The number of halogens is 1. The highest BCUT2D eigenvalue weighted by atomic mass is 127. The first-order valence-electron chi connectivity index (χ1n) is 9.32. The number of aromatic nitrogens is 1. The van der Waals surface area contributed by atoms with Gasteiger partial charge in [0.1, 0.15) is 5.01 Å². The van der Waals surface area contributed by atoms with Crippen molar-refractivity contribution < 1.29 is 13.2 Å². The Morgan fingerprint density at radius 1 is 1.27 bits per heavy atom. The summed E-state index contributed by atoms with van der Waals surface area (Å²) in [6.07, 6.45) is 0. The van der Waals surface area contributed by atoms with Gasteiger partial charge in [0.05, 0.1) is 23.7 Å². The zero-order chi connectivity index (χ0) is 21.3. The van der Waals surface area contributed by atoms with Crippen LogP contribution in [0.3, 0.4) is 0 Å². The maximum absolute atomic E-state index is 12.3. The molecule has 0 aliphatic heterocycles. The quantitative estimate of drug-likeness (QED) is 0.177. The lowest BCUT2D eigenvalue weighted by Gasteiger charge is -2.12. The van der Waals surface area contributed by atoms with Crippen molar-refractivity contribution in [2.45, 2.75) is 37.8 Å². The van der Waals surface area contributed by atoms with Crippen molar-refractivity contribution in [1.82, 2.24) is 20.3 Å². The van der Waals surface area contributed by atoms with Gasteiger partial charge in [0, 0.05) is 32.6 Å². The van der Waals surface area contributed by atoms with Crippen LogP contribution in [-0.2, 0) is 27.8 Å². The Bertz CT molecular complexity index is 916. The van der Waals surface area contributed by atoms with E-state index in [4.69, 9.17) is 4.74 Å². The van der Waals surface area contributed by atoms with Gasteiger partial charge < -0.3 is 15.4 Å². The number of rotatable bonds is 10. The molecule has 0 aliphatic carbocycles. The smallest absolute Gasteiger partial charge is 0.240 e. The van der Waals surface area contributed by atoms with E-state index in [0.29, 0.717) is 31.6 Å². The number of sulfonamides is 1. The van der Waals surface area contributed by atoms with Gasteiger partial charge in [-0.25, -0.2) is 18.1 Å². The number of ether oxygens (including phenoxy) is 1. The van der Waals surface area contributed by atoms with Crippen LogP contribution < -0.4 is 15.4 Å². The number of guanidine groups is 1. The second-order valence-corrected chi connectivity index (χ2v) is 9.35. The van der Waals surface area contributed by atoms with Crippen molar-refractivity contribution in [2.24, 2.45) is 4.99 Å². The van der Waals surface area contributed by atoms with E-state index < -0.39 is 10.0 Å². The molecule has 8 nitrogen and oxygen atoms in total. The van der Waals surface area contributed by atoms with Gasteiger partial charge in [-0.1, -0.05) is 26.0 Å². The molecule has 2 aromatic rings. The van der Waals surface area contributed by atoms with E-state index in [2.05, 4.69) is 44.6 Å². The van der Waals surface area contributed by atoms with E-state index in [1.54, 1.807) is 36.6 Å². The first-order chi connectivity index (χ1) is 13.9. The second-order valence-electron chi connectivity index (χ2n) is 6.64. The minimum absolute atomic E-state index is 0. The van der Waals surface area contributed by atoms with Crippen LogP contribution in [-0.4, -0.2) is 46.7 Å². The minimum atomic E-state index is -3.56. The summed E-state index contributed by atoms with van der Waals surface area (Å²) in [5.41, 5.74) is 1.92. The Morgan fingerprint density at radius 3 is 2.63 bits per heavy atom. The van der Waals surface area contributed by atoms with Crippen molar-refractivity contribution in [1.29, 1.82) is 0 Å². The second kappa shape index (κ2) is 13.2. The Balaban J connectivity index is 0.00000450. The van der Waals surface area contributed by atoms with Gasteiger partial charge >= 0.3 is 0 Å². The van der Waals surface area contributed by atoms with Crippen LogP contribution in [0.2, 0.25) is 0 Å². The first-order valence-corrected chi connectivity index (χ1v) is 11.7. The number of hydrogen-bond donors (Lipinski definition) is 3. The lowest BCUT2D eigenvalue weighted by molar-refractivity contribution is 0.204. The van der Waals surface area contributed by atoms with Crippen LogP contribution in [0.1, 0.15) is 36.0 Å². The average molecular weight is 568 g/mol. The number of nitrogens with one attached hydrogen (secondary N) is 3. The molecule has 0 unspecified atom stereocenters. The van der Waals surface area contributed by atoms with Gasteiger partial charge in [-0.15, -0.1) is 35.3 Å². The summed E-state index contributed by atoms with van der Waals surface area (Å²) in [5, 5.41) is 9.49. The molecule has 1 aromatic heterocycles. The fourth-order valence-corrected chi connectivity index (χ4v) is 4.40. The molecule has 168 valence electrons. The average Bonchev–Trinajstić information content (AvgIpc) is 3.18. The number of benzene rings is 1. The number of thiazole rings is 1. The lowest BCUT2D eigenvalue weighted by Crippen LogP contribution is -2.36. The summed E-state index contributed by atoms with van der Waals surface area (Å²) in [6.45, 7) is 5.81. The summed E-state index contributed by atoms with van der Waals surface area (Å²) in [6, 6.07) is 6.80. The fourth-order valence-electron chi connectivity index (χ4n) is 2.42. The molecule has 30 heavy (non-hydrogen) atoms. The third-order valence-electron chi connectivity index (χ3n) is 4.06. The van der Waals surface area contributed by atoms with E-state index >= 15 is 0 Å². The molecular weight excluding hydrogens is 537 g/mol. The van der Waals surface area contributed by atoms with Gasteiger partial charge in [-0.05, 0) is 23.6 Å². The van der Waals surface area contributed by atoms with Crippen LogP contribution >= 0.6 is 35.3 Å². The number of aliphatic imine (C=N–C) groups is 1. The summed E-state index contributed by atoms with van der Waals surface area (Å²) < 4.78 is 32.1. The lowest BCUT2D eigenvalue weighted by atomic mass is 10.2. The molecule has 11 heteroatoms. The summed E-state index contributed by atoms with van der Waals surface area (Å²) in [7, 11) is -0.342. The Morgan fingerprint density at radius 2 is 2.00 bits per heavy atom. The Kier molecular flexibility index (Phi) is 11.8. The van der Waals surface area contributed by atoms with Crippen LogP contribution in [0.4, 0.5) is 0 Å². The summed E-state index contributed by atoms with van der Waals surface area (Å²) in [5.74, 6) is 1.03. The van der Waals surface area contributed by atoms with Crippen LogP contribution in [0, 0.1) is 0 Å². The van der Waals surface area contributed by atoms with Crippen molar-refractivity contribution in [2.75, 3.05) is 27.3 Å². The SMILES string of the molecule is CN=C(NCc1cccc(S(=O)(=O)NCCOC)c1)NCc1nc(C(C)C)cs1.I. The van der Waals surface area contributed by atoms with Crippen LogP contribution in [0.25, 0.3) is 0 Å². The molecule has 0 amide bonds. The van der Waals surface area contributed by atoms with Crippen molar-refractivity contribution in [3.8, 4) is 0 Å². The van der Waals surface area contributed by atoms with Crippen molar-refractivity contribution in [3.63, 3.8) is 0 Å². The van der Waals surface area contributed by atoms with Crippen LogP contribution in [0.5, 0.6) is 0 Å². The minimum Gasteiger partial charge on any atom is -0.383 e. The standard InChI is InChI=1S/C19H29N5O3S2.HI/c1-14(2)17-13-28-18(24-17)12-22-19(20-3)21-11-15-6-5-7-16(10-15)29(25,26)23-8-9-27-4;/h5-7,10,13-14,23H,8-9,11-12H2,1-4H3,(H2,20,21,22);1H. The number of methoxy groups -OCH3 is 1. The normalized spacial score (nSPS) is 12.0. The van der Waals surface area contributed by atoms with Gasteiger partial charge in [0.2, 0.25) is 10.0 Å². The summed E-state index contributed by atoms with van der Waals surface area (Å²) >= 11 is 1.62. The molecule has 1 aromatic carbocycles. The largest absolute Gasteiger partial charge is 0.383 e. The molecule has 0 radical (unpaired) electrons. The first kappa shape index (κ1) is 26.8.